The van der Waals surface area contributed by atoms with E-state index in [0.29, 0.717) is 24.9 Å². The van der Waals surface area contributed by atoms with Gasteiger partial charge < -0.3 is 21.7 Å². The Morgan fingerprint density at radius 2 is 2.03 bits per heavy atom. The fourth-order valence-corrected chi connectivity index (χ4v) is 3.46. The van der Waals surface area contributed by atoms with Crippen LogP contribution in [-0.2, 0) is 18.3 Å². The molecule has 0 fully saturated rings. The second kappa shape index (κ2) is 12.0. The largest absolute Gasteiger partial charge is 0.369 e. The van der Waals surface area contributed by atoms with Gasteiger partial charge in [-0.15, -0.1) is 0 Å². The van der Waals surface area contributed by atoms with Crippen molar-refractivity contribution in [2.75, 3.05) is 25.0 Å². The number of aromatic nitrogens is 3. The Labute approximate surface area is 202 Å². The topological polar surface area (TPSA) is 127 Å². The lowest BCUT2D eigenvalue weighted by Crippen LogP contribution is -2.45. The summed E-state index contributed by atoms with van der Waals surface area (Å²) in [6.07, 6.45) is 4.13. The molecule has 0 aliphatic heterocycles. The van der Waals surface area contributed by atoms with Gasteiger partial charge in [-0.2, -0.15) is 5.10 Å². The lowest BCUT2D eigenvalue weighted by Gasteiger charge is -2.18. The summed E-state index contributed by atoms with van der Waals surface area (Å²) in [6.45, 7) is 2.17. The van der Waals surface area contributed by atoms with Crippen molar-refractivity contribution >= 4 is 17.6 Å². The third-order valence-corrected chi connectivity index (χ3v) is 5.35. The molecule has 0 aliphatic carbocycles. The quantitative estimate of drug-likeness (QED) is 0.329. The van der Waals surface area contributed by atoms with Gasteiger partial charge in [0.15, 0.2) is 5.82 Å². The zero-order chi connectivity index (χ0) is 25.4. The highest BCUT2D eigenvalue weighted by molar-refractivity contribution is 5.99. The van der Waals surface area contributed by atoms with Crippen LogP contribution >= 0.6 is 0 Å². The van der Waals surface area contributed by atoms with Crippen LogP contribution < -0.4 is 21.7 Å². The van der Waals surface area contributed by atoms with E-state index in [2.05, 4.69) is 26.0 Å². The number of benzene rings is 1. The van der Waals surface area contributed by atoms with Crippen LogP contribution in [0.2, 0.25) is 0 Å². The minimum Gasteiger partial charge on any atom is -0.369 e. The van der Waals surface area contributed by atoms with Gasteiger partial charge >= 0.3 is 0 Å². The number of nitrogens with zero attached hydrogens (tertiary/aromatic N) is 3. The molecule has 0 radical (unpaired) electrons. The van der Waals surface area contributed by atoms with Gasteiger partial charge in [0.25, 0.3) is 5.91 Å². The number of hydrogen-bond donors (Lipinski definition) is 4. The highest BCUT2D eigenvalue weighted by atomic mass is 19.1. The van der Waals surface area contributed by atoms with Crippen molar-refractivity contribution in [3.05, 3.63) is 65.5 Å². The molecule has 0 spiro atoms. The monoisotopic (exact) mass is 485 g/mol. The number of carbonyl (C=O) groups is 2. The SMILES string of the molecule is CC[C@H](CNC(=O)c1cc(F)c(-c2cnn(C)c2)nc1NCCc1cccc(F)c1)NC(=O)CN. The maximum Gasteiger partial charge on any atom is 0.255 e. The van der Waals surface area contributed by atoms with Gasteiger partial charge in [0.05, 0.1) is 18.3 Å². The summed E-state index contributed by atoms with van der Waals surface area (Å²) < 4.78 is 30.0. The Morgan fingerprint density at radius 3 is 2.69 bits per heavy atom. The fourth-order valence-electron chi connectivity index (χ4n) is 3.46. The molecule has 1 aromatic carbocycles. The molecular formula is C24H29F2N7O2. The van der Waals surface area contributed by atoms with Crippen molar-refractivity contribution in [2.24, 2.45) is 12.8 Å². The lowest BCUT2D eigenvalue weighted by atomic mass is 10.1. The number of nitrogens with one attached hydrogen (secondary N) is 3. The first-order valence-corrected chi connectivity index (χ1v) is 11.3. The number of nitrogens with two attached hydrogens (primary N) is 1. The maximum atomic E-state index is 15.0. The van der Waals surface area contributed by atoms with Crippen LogP contribution in [0.15, 0.2) is 42.7 Å². The molecule has 0 unspecified atom stereocenters. The molecule has 11 heteroatoms. The zero-order valence-corrected chi connectivity index (χ0v) is 19.6. The molecule has 0 bridgehead atoms. The summed E-state index contributed by atoms with van der Waals surface area (Å²) in [6, 6.07) is 6.99. The Morgan fingerprint density at radius 1 is 1.23 bits per heavy atom. The van der Waals surface area contributed by atoms with Crippen molar-refractivity contribution in [3.8, 4) is 11.3 Å². The predicted octanol–water partition coefficient (Wildman–Crippen LogP) is 2.00. The van der Waals surface area contributed by atoms with Crippen molar-refractivity contribution in [3.63, 3.8) is 0 Å². The molecule has 0 aliphatic rings. The normalized spacial score (nSPS) is 11.7. The third-order valence-electron chi connectivity index (χ3n) is 5.35. The second-order valence-corrected chi connectivity index (χ2v) is 8.01. The molecular weight excluding hydrogens is 456 g/mol. The Hall–Kier alpha value is -3.86. The third kappa shape index (κ3) is 7.06. The molecule has 2 aromatic heterocycles. The first kappa shape index (κ1) is 25.8. The molecule has 0 saturated heterocycles. The summed E-state index contributed by atoms with van der Waals surface area (Å²) in [5, 5.41) is 12.6. The smallest absolute Gasteiger partial charge is 0.255 e. The van der Waals surface area contributed by atoms with E-state index in [1.807, 2.05) is 6.92 Å². The fraction of sp³-hybridized carbons (Fsp3) is 0.333. The van der Waals surface area contributed by atoms with Gasteiger partial charge in [-0.1, -0.05) is 19.1 Å². The first-order chi connectivity index (χ1) is 16.8. The van der Waals surface area contributed by atoms with E-state index in [0.717, 1.165) is 11.6 Å². The highest BCUT2D eigenvalue weighted by Gasteiger charge is 2.20. The molecule has 35 heavy (non-hydrogen) atoms. The van der Waals surface area contributed by atoms with Crippen molar-refractivity contribution in [2.45, 2.75) is 25.8 Å². The number of pyridine rings is 1. The second-order valence-electron chi connectivity index (χ2n) is 8.01. The van der Waals surface area contributed by atoms with E-state index in [4.69, 9.17) is 5.73 Å². The zero-order valence-electron chi connectivity index (χ0n) is 19.6. The number of rotatable bonds is 11. The van der Waals surface area contributed by atoms with Gasteiger partial charge in [0.1, 0.15) is 17.3 Å². The van der Waals surface area contributed by atoms with E-state index >= 15 is 0 Å². The van der Waals surface area contributed by atoms with Crippen molar-refractivity contribution in [1.82, 2.24) is 25.4 Å². The standard InChI is InChI=1S/C24H29F2N7O2/c1-3-18(31-21(34)11-27)13-29-24(35)19-10-20(26)22(16-12-30-33(2)14-16)32-23(19)28-8-7-15-5-4-6-17(25)9-15/h4-6,9-10,12,14,18H,3,7-8,11,13,27H2,1-2H3,(H,28,32)(H,29,35)(H,31,34)/t18-/m1/s1. The molecule has 1 atom stereocenters. The number of hydrogen-bond acceptors (Lipinski definition) is 6. The van der Waals surface area contributed by atoms with Gasteiger partial charge in [-0.05, 0) is 36.6 Å². The first-order valence-electron chi connectivity index (χ1n) is 11.3. The summed E-state index contributed by atoms with van der Waals surface area (Å²) in [5.41, 5.74) is 6.61. The van der Waals surface area contributed by atoms with Gasteiger partial charge in [0.2, 0.25) is 5.91 Å². The summed E-state index contributed by atoms with van der Waals surface area (Å²) in [5.74, 6) is -1.73. The van der Waals surface area contributed by atoms with Crippen LogP contribution in [0.1, 0.15) is 29.3 Å². The molecule has 5 N–H and O–H groups in total. The minimum atomic E-state index is -0.678. The molecule has 2 amide bonds. The lowest BCUT2D eigenvalue weighted by molar-refractivity contribution is -0.120. The molecule has 3 rings (SSSR count). The predicted molar refractivity (Wildman–Crippen MR) is 129 cm³/mol. The average molecular weight is 486 g/mol. The van der Waals surface area contributed by atoms with Gasteiger partial charge in [-0.25, -0.2) is 13.8 Å². The van der Waals surface area contributed by atoms with E-state index in [1.165, 1.54) is 23.0 Å². The Balaban J connectivity index is 1.81. The summed E-state index contributed by atoms with van der Waals surface area (Å²) >= 11 is 0. The van der Waals surface area contributed by atoms with Crippen LogP contribution in [0.25, 0.3) is 11.3 Å². The van der Waals surface area contributed by atoms with Crippen LogP contribution in [0.3, 0.4) is 0 Å². The number of carbonyl (C=O) groups excluding carboxylic acids is 2. The molecule has 3 aromatic rings. The van der Waals surface area contributed by atoms with Gasteiger partial charge in [0, 0.05) is 37.9 Å². The van der Waals surface area contributed by atoms with Gasteiger partial charge in [-0.3, -0.25) is 14.3 Å². The highest BCUT2D eigenvalue weighted by Crippen LogP contribution is 2.25. The number of amides is 2. The summed E-state index contributed by atoms with van der Waals surface area (Å²) in [4.78, 5) is 28.9. The molecule has 2 heterocycles. The van der Waals surface area contributed by atoms with E-state index in [-0.39, 0.29) is 47.9 Å². The van der Waals surface area contributed by atoms with Crippen LogP contribution in [0.4, 0.5) is 14.6 Å². The van der Waals surface area contributed by atoms with E-state index < -0.39 is 11.7 Å². The molecule has 186 valence electrons. The molecule has 9 nitrogen and oxygen atoms in total. The van der Waals surface area contributed by atoms with Crippen molar-refractivity contribution < 1.29 is 18.4 Å². The van der Waals surface area contributed by atoms with Crippen LogP contribution in [0.5, 0.6) is 0 Å². The van der Waals surface area contributed by atoms with E-state index in [1.54, 1.807) is 25.4 Å². The number of halogens is 2. The number of anilines is 1. The maximum absolute atomic E-state index is 15.0. The van der Waals surface area contributed by atoms with Crippen molar-refractivity contribution in [1.29, 1.82) is 0 Å². The van der Waals surface area contributed by atoms with E-state index in [9.17, 15) is 18.4 Å². The summed E-state index contributed by atoms with van der Waals surface area (Å²) in [7, 11) is 1.70. The molecule has 0 saturated carbocycles. The average Bonchev–Trinajstić information content (AvgIpc) is 3.27. The van der Waals surface area contributed by atoms with Crippen LogP contribution in [-0.4, -0.2) is 52.3 Å². The number of aryl methyl sites for hydroxylation is 1. The van der Waals surface area contributed by atoms with Crippen LogP contribution in [0, 0.1) is 11.6 Å². The Bertz CT molecular complexity index is 1180. The Kier molecular flexibility index (Phi) is 8.85. The minimum absolute atomic E-state index is 0.00869.